The lowest BCUT2D eigenvalue weighted by atomic mass is 10.0. The SMILES string of the molecule is CCN(CC(O)(CNc1cccc2c1cnn2C1C=CC=CC1)C(F)(F)F)C(=O)c1ccccc1Cl. The highest BCUT2D eigenvalue weighted by molar-refractivity contribution is 6.33. The number of allylic oxidation sites excluding steroid dienone is 4. The average molecular weight is 519 g/mol. The number of hydrogen-bond acceptors (Lipinski definition) is 4. The average Bonchev–Trinajstić information content (AvgIpc) is 3.31. The molecule has 1 aromatic heterocycles. The van der Waals surface area contributed by atoms with Crippen molar-refractivity contribution >= 4 is 34.1 Å². The molecule has 0 radical (unpaired) electrons. The molecule has 4 rings (SSSR count). The van der Waals surface area contributed by atoms with Crippen LogP contribution in [0.25, 0.3) is 10.9 Å². The van der Waals surface area contributed by atoms with Crippen LogP contribution in [-0.4, -0.2) is 57.1 Å². The van der Waals surface area contributed by atoms with Gasteiger partial charge in [-0.3, -0.25) is 9.48 Å². The van der Waals surface area contributed by atoms with Crippen LogP contribution in [0.1, 0.15) is 29.7 Å². The number of alkyl halides is 3. The first-order valence-corrected chi connectivity index (χ1v) is 11.9. The zero-order chi connectivity index (χ0) is 25.9. The Hall–Kier alpha value is -3.30. The lowest BCUT2D eigenvalue weighted by molar-refractivity contribution is -0.257. The van der Waals surface area contributed by atoms with Crippen molar-refractivity contribution in [2.45, 2.75) is 31.2 Å². The highest BCUT2D eigenvalue weighted by Crippen LogP contribution is 2.34. The van der Waals surface area contributed by atoms with Gasteiger partial charge in [0, 0.05) is 17.6 Å². The second-order valence-electron chi connectivity index (χ2n) is 8.63. The molecule has 3 aromatic rings. The van der Waals surface area contributed by atoms with Crippen LogP contribution in [0.3, 0.4) is 0 Å². The molecule has 6 nitrogen and oxygen atoms in total. The van der Waals surface area contributed by atoms with Crippen molar-refractivity contribution in [3.8, 4) is 0 Å². The van der Waals surface area contributed by atoms with Gasteiger partial charge in [0.15, 0.2) is 5.60 Å². The third-order valence-corrected chi connectivity index (χ3v) is 6.57. The number of fused-ring (bicyclic) bond motifs is 1. The van der Waals surface area contributed by atoms with Crippen LogP contribution >= 0.6 is 11.6 Å². The molecule has 0 bridgehead atoms. The number of aliphatic hydroxyl groups is 1. The van der Waals surface area contributed by atoms with E-state index in [9.17, 15) is 23.1 Å². The third-order valence-electron chi connectivity index (χ3n) is 6.24. The maximum Gasteiger partial charge on any atom is 0.420 e. The molecule has 1 aliphatic carbocycles. The van der Waals surface area contributed by atoms with Crippen LogP contribution in [0, 0.1) is 0 Å². The fourth-order valence-electron chi connectivity index (χ4n) is 4.17. The maximum absolute atomic E-state index is 14.1. The molecule has 36 heavy (non-hydrogen) atoms. The van der Waals surface area contributed by atoms with Crippen LogP contribution in [0.4, 0.5) is 18.9 Å². The third kappa shape index (κ3) is 5.12. The molecule has 1 amide bonds. The normalized spacial score (nSPS) is 17.2. The Bertz CT molecular complexity index is 1300. The van der Waals surface area contributed by atoms with Gasteiger partial charge in [-0.05, 0) is 37.6 Å². The molecule has 2 aromatic carbocycles. The van der Waals surface area contributed by atoms with Crippen molar-refractivity contribution in [3.05, 3.63) is 83.6 Å². The predicted octanol–water partition coefficient (Wildman–Crippen LogP) is 5.61. The topological polar surface area (TPSA) is 70.4 Å². The van der Waals surface area contributed by atoms with E-state index < -0.39 is 30.8 Å². The summed E-state index contributed by atoms with van der Waals surface area (Å²) in [6.07, 6.45) is 5.24. The number of carbonyl (C=O) groups excluding carboxylic acids is 1. The summed E-state index contributed by atoms with van der Waals surface area (Å²) >= 11 is 6.08. The number of anilines is 1. The fraction of sp³-hybridized carbons (Fsp3) is 0.308. The van der Waals surface area contributed by atoms with Crippen LogP contribution in [-0.2, 0) is 0 Å². The van der Waals surface area contributed by atoms with Crippen molar-refractivity contribution in [3.63, 3.8) is 0 Å². The minimum Gasteiger partial charge on any atom is -0.381 e. The summed E-state index contributed by atoms with van der Waals surface area (Å²) in [5, 5.41) is 18.8. The molecular weight excluding hydrogens is 493 g/mol. The summed E-state index contributed by atoms with van der Waals surface area (Å²) in [4.78, 5) is 13.9. The lowest BCUT2D eigenvalue weighted by Crippen LogP contribution is -2.58. The van der Waals surface area contributed by atoms with Gasteiger partial charge in [-0.25, -0.2) is 0 Å². The van der Waals surface area contributed by atoms with Gasteiger partial charge in [-0.1, -0.05) is 54.1 Å². The Kier molecular flexibility index (Phi) is 7.42. The molecule has 10 heteroatoms. The van der Waals surface area contributed by atoms with Gasteiger partial charge in [-0.15, -0.1) is 0 Å². The summed E-state index contributed by atoms with van der Waals surface area (Å²) in [7, 11) is 0. The van der Waals surface area contributed by atoms with E-state index in [4.69, 9.17) is 11.6 Å². The van der Waals surface area contributed by atoms with Gasteiger partial charge in [0.05, 0.1) is 41.4 Å². The van der Waals surface area contributed by atoms with Crippen molar-refractivity contribution in [2.24, 2.45) is 0 Å². The molecule has 0 fully saturated rings. The molecular formula is C26H26ClF3N4O2. The Labute approximate surface area is 211 Å². The molecule has 0 aliphatic heterocycles. The van der Waals surface area contributed by atoms with Gasteiger partial charge < -0.3 is 15.3 Å². The number of aromatic nitrogens is 2. The second kappa shape index (κ2) is 10.4. The van der Waals surface area contributed by atoms with Gasteiger partial charge >= 0.3 is 6.18 Å². The molecule has 1 aliphatic rings. The molecule has 2 unspecified atom stereocenters. The molecule has 2 atom stereocenters. The molecule has 0 spiro atoms. The first-order chi connectivity index (χ1) is 17.1. The second-order valence-corrected chi connectivity index (χ2v) is 9.03. The van der Waals surface area contributed by atoms with E-state index in [0.29, 0.717) is 11.1 Å². The van der Waals surface area contributed by atoms with Crippen molar-refractivity contribution in [1.29, 1.82) is 0 Å². The Balaban J connectivity index is 1.57. The lowest BCUT2D eigenvalue weighted by Gasteiger charge is -2.35. The van der Waals surface area contributed by atoms with Crippen molar-refractivity contribution < 1.29 is 23.1 Å². The number of hydrogen-bond donors (Lipinski definition) is 2. The number of nitrogens with one attached hydrogen (secondary N) is 1. The summed E-state index contributed by atoms with van der Waals surface area (Å²) in [5.74, 6) is -0.691. The number of likely N-dealkylation sites (N-methyl/N-ethyl adjacent to an activating group) is 1. The van der Waals surface area contributed by atoms with Crippen molar-refractivity contribution in [2.75, 3.05) is 25.0 Å². The van der Waals surface area contributed by atoms with Crippen LogP contribution in [0.2, 0.25) is 5.02 Å². The number of carbonyl (C=O) groups is 1. The van der Waals surface area contributed by atoms with Crippen LogP contribution < -0.4 is 5.32 Å². The zero-order valence-corrected chi connectivity index (χ0v) is 20.3. The minimum atomic E-state index is -5.01. The fourth-order valence-corrected chi connectivity index (χ4v) is 4.39. The first-order valence-electron chi connectivity index (χ1n) is 11.5. The summed E-state index contributed by atoms with van der Waals surface area (Å²) < 4.78 is 44.2. The Morgan fingerprint density at radius 2 is 2.00 bits per heavy atom. The van der Waals surface area contributed by atoms with Crippen molar-refractivity contribution in [1.82, 2.24) is 14.7 Å². The zero-order valence-electron chi connectivity index (χ0n) is 19.5. The monoisotopic (exact) mass is 518 g/mol. The highest BCUT2D eigenvalue weighted by Gasteiger charge is 2.55. The largest absolute Gasteiger partial charge is 0.420 e. The number of amides is 1. The quantitative estimate of drug-likeness (QED) is 0.406. The van der Waals surface area contributed by atoms with Gasteiger partial charge in [0.25, 0.3) is 5.91 Å². The number of rotatable bonds is 8. The Morgan fingerprint density at radius 3 is 2.67 bits per heavy atom. The van der Waals surface area contributed by atoms with E-state index in [2.05, 4.69) is 10.4 Å². The van der Waals surface area contributed by atoms with E-state index in [1.165, 1.54) is 12.1 Å². The van der Waals surface area contributed by atoms with E-state index in [1.807, 2.05) is 35.1 Å². The van der Waals surface area contributed by atoms with Gasteiger partial charge in [0.2, 0.25) is 0 Å². The number of nitrogens with zero attached hydrogens (tertiary/aromatic N) is 3. The number of benzene rings is 2. The van der Waals surface area contributed by atoms with Crippen LogP contribution in [0.15, 0.2) is 73.0 Å². The standard InChI is InChI=1S/C26H26ClF3N4O2/c1-2-33(24(35)19-11-6-7-12-21(19)27)17-25(36,26(28,29)30)16-31-22-13-8-14-23-20(22)15-32-34(23)18-9-4-3-5-10-18/h3-9,11-15,18,31,36H,2,10,16-17H2,1H3. The van der Waals surface area contributed by atoms with Gasteiger partial charge in [-0.2, -0.15) is 18.3 Å². The van der Waals surface area contributed by atoms with Crippen LogP contribution in [0.5, 0.6) is 0 Å². The molecule has 0 saturated carbocycles. The number of halogens is 4. The minimum absolute atomic E-state index is 0.00351. The summed E-state index contributed by atoms with van der Waals surface area (Å²) in [6.45, 7) is -0.325. The first kappa shape index (κ1) is 25.8. The Morgan fingerprint density at radius 1 is 1.22 bits per heavy atom. The molecule has 2 N–H and O–H groups in total. The molecule has 0 saturated heterocycles. The summed E-state index contributed by atoms with van der Waals surface area (Å²) in [6, 6.07) is 11.3. The predicted molar refractivity (Wildman–Crippen MR) is 134 cm³/mol. The molecule has 190 valence electrons. The van der Waals surface area contributed by atoms with E-state index in [-0.39, 0.29) is 23.2 Å². The molecule has 1 heterocycles. The van der Waals surface area contributed by atoms with E-state index in [0.717, 1.165) is 16.8 Å². The van der Waals surface area contributed by atoms with Gasteiger partial charge in [0.1, 0.15) is 0 Å². The highest BCUT2D eigenvalue weighted by atomic mass is 35.5. The summed E-state index contributed by atoms with van der Waals surface area (Å²) in [5.41, 5.74) is -1.99. The van der Waals surface area contributed by atoms with E-state index in [1.54, 1.807) is 37.4 Å². The van der Waals surface area contributed by atoms with E-state index >= 15 is 0 Å². The maximum atomic E-state index is 14.1. The smallest absolute Gasteiger partial charge is 0.381 e.